The van der Waals surface area contributed by atoms with Crippen molar-refractivity contribution in [2.24, 2.45) is 0 Å². The maximum atomic E-state index is 13.1. The number of hydrogen-bond acceptors (Lipinski definition) is 2. The van der Waals surface area contributed by atoms with Gasteiger partial charge in [0.05, 0.1) is 10.0 Å². The zero-order chi connectivity index (χ0) is 11.7. The molecule has 0 aliphatic carbocycles. The summed E-state index contributed by atoms with van der Waals surface area (Å²) in [7, 11) is 0. The molecule has 0 saturated carbocycles. The van der Waals surface area contributed by atoms with E-state index in [2.05, 4.69) is 4.98 Å². The van der Waals surface area contributed by atoms with Crippen LogP contribution in [0.5, 0.6) is 5.75 Å². The highest BCUT2D eigenvalue weighted by molar-refractivity contribution is 6.43. The fraction of sp³-hybridized carbons (Fsp3) is 0. The third kappa shape index (κ3) is 1.84. The van der Waals surface area contributed by atoms with E-state index in [9.17, 15) is 9.50 Å². The summed E-state index contributed by atoms with van der Waals surface area (Å²) < 4.78 is 13.1. The molecule has 1 aromatic carbocycles. The Balaban J connectivity index is 2.68. The minimum absolute atomic E-state index is 0.264. The van der Waals surface area contributed by atoms with Crippen LogP contribution in [0, 0.1) is 5.95 Å². The van der Waals surface area contributed by atoms with E-state index in [4.69, 9.17) is 23.2 Å². The number of benzene rings is 1. The van der Waals surface area contributed by atoms with Gasteiger partial charge < -0.3 is 5.11 Å². The van der Waals surface area contributed by atoms with Crippen molar-refractivity contribution >= 4 is 23.2 Å². The molecule has 0 amide bonds. The Labute approximate surface area is 101 Å². The fourth-order valence-electron chi connectivity index (χ4n) is 1.36. The average Bonchev–Trinajstić information content (AvgIpc) is 2.27. The second-order valence-electron chi connectivity index (χ2n) is 3.10. The highest BCUT2D eigenvalue weighted by Gasteiger charge is 2.13. The van der Waals surface area contributed by atoms with Gasteiger partial charge in [0.2, 0.25) is 0 Å². The molecule has 1 heterocycles. The first-order chi connectivity index (χ1) is 7.61. The maximum absolute atomic E-state index is 13.1. The van der Waals surface area contributed by atoms with Crippen LogP contribution in [0.1, 0.15) is 0 Å². The van der Waals surface area contributed by atoms with E-state index in [1.54, 1.807) is 18.2 Å². The Bertz CT molecular complexity index is 496. The minimum Gasteiger partial charge on any atom is -0.503 e. The third-order valence-electron chi connectivity index (χ3n) is 2.12. The highest BCUT2D eigenvalue weighted by atomic mass is 35.5. The van der Waals surface area contributed by atoms with E-state index < -0.39 is 11.7 Å². The molecule has 0 unspecified atom stereocenters. The van der Waals surface area contributed by atoms with Gasteiger partial charge in [0.1, 0.15) is 0 Å². The lowest BCUT2D eigenvalue weighted by Gasteiger charge is -2.07. The van der Waals surface area contributed by atoms with Crippen LogP contribution in [-0.2, 0) is 0 Å². The van der Waals surface area contributed by atoms with Crippen LogP contribution in [0.3, 0.4) is 0 Å². The lowest BCUT2D eigenvalue weighted by molar-refractivity contribution is 0.421. The summed E-state index contributed by atoms with van der Waals surface area (Å²) in [6.07, 6.45) is 1.25. The van der Waals surface area contributed by atoms with Gasteiger partial charge >= 0.3 is 0 Å². The Hall–Kier alpha value is -1.32. The highest BCUT2D eigenvalue weighted by Crippen LogP contribution is 2.37. The molecule has 0 fully saturated rings. The van der Waals surface area contributed by atoms with E-state index in [0.717, 1.165) is 0 Å². The SMILES string of the molecule is Oc1c(-c2cccc(Cl)c2Cl)ccnc1F. The molecule has 0 spiro atoms. The fourth-order valence-corrected chi connectivity index (χ4v) is 1.76. The summed E-state index contributed by atoms with van der Waals surface area (Å²) in [5, 5.41) is 10.1. The van der Waals surface area contributed by atoms with Crippen molar-refractivity contribution < 1.29 is 9.50 Å². The Kier molecular flexibility index (Phi) is 2.99. The first-order valence-electron chi connectivity index (χ1n) is 4.39. The second kappa shape index (κ2) is 4.28. The van der Waals surface area contributed by atoms with Gasteiger partial charge in [-0.05, 0) is 12.1 Å². The van der Waals surface area contributed by atoms with Crippen LogP contribution in [0.2, 0.25) is 10.0 Å². The van der Waals surface area contributed by atoms with E-state index in [-0.39, 0.29) is 10.6 Å². The quantitative estimate of drug-likeness (QED) is 0.787. The molecule has 0 atom stereocenters. The van der Waals surface area contributed by atoms with Gasteiger partial charge in [-0.25, -0.2) is 4.98 Å². The summed E-state index contributed by atoms with van der Waals surface area (Å²) >= 11 is 11.8. The van der Waals surface area contributed by atoms with Gasteiger partial charge in [0, 0.05) is 17.3 Å². The molecule has 1 aromatic heterocycles. The molecule has 0 bridgehead atoms. The van der Waals surface area contributed by atoms with Crippen LogP contribution in [0.4, 0.5) is 4.39 Å². The normalized spacial score (nSPS) is 10.4. The number of nitrogens with zero attached hydrogens (tertiary/aromatic N) is 1. The monoisotopic (exact) mass is 257 g/mol. The van der Waals surface area contributed by atoms with Crippen LogP contribution in [0.25, 0.3) is 11.1 Å². The summed E-state index contributed by atoms with van der Waals surface area (Å²) in [4.78, 5) is 3.32. The predicted molar refractivity (Wildman–Crippen MR) is 61.3 cm³/mol. The van der Waals surface area contributed by atoms with Gasteiger partial charge in [0.25, 0.3) is 5.95 Å². The van der Waals surface area contributed by atoms with Crippen molar-refractivity contribution in [2.45, 2.75) is 0 Å². The molecule has 2 aromatic rings. The number of halogens is 3. The van der Waals surface area contributed by atoms with Crippen LogP contribution >= 0.6 is 23.2 Å². The van der Waals surface area contributed by atoms with Crippen LogP contribution in [0.15, 0.2) is 30.5 Å². The number of aromatic hydroxyl groups is 1. The van der Waals surface area contributed by atoms with Gasteiger partial charge in [0.15, 0.2) is 5.75 Å². The summed E-state index contributed by atoms with van der Waals surface area (Å²) in [5.41, 5.74) is 0.730. The molecule has 0 saturated heterocycles. The molecule has 0 radical (unpaired) electrons. The predicted octanol–water partition coefficient (Wildman–Crippen LogP) is 3.90. The molecular formula is C11H6Cl2FNO. The summed E-state index contributed by atoms with van der Waals surface area (Å²) in [6, 6.07) is 6.39. The Morgan fingerprint density at radius 1 is 1.12 bits per heavy atom. The molecule has 0 aliphatic rings. The maximum Gasteiger partial charge on any atom is 0.255 e. The molecule has 16 heavy (non-hydrogen) atoms. The smallest absolute Gasteiger partial charge is 0.255 e. The van der Waals surface area contributed by atoms with E-state index in [1.807, 2.05) is 0 Å². The molecule has 0 aliphatic heterocycles. The van der Waals surface area contributed by atoms with Gasteiger partial charge in [-0.3, -0.25) is 0 Å². The van der Waals surface area contributed by atoms with E-state index >= 15 is 0 Å². The standard InChI is InChI=1S/C11H6Cl2FNO/c12-8-3-1-2-6(9(8)13)7-4-5-15-11(14)10(7)16/h1-5,16H. The van der Waals surface area contributed by atoms with E-state index in [0.29, 0.717) is 10.6 Å². The molecule has 5 heteroatoms. The van der Waals surface area contributed by atoms with Crippen molar-refractivity contribution in [3.05, 3.63) is 46.5 Å². The Morgan fingerprint density at radius 2 is 1.88 bits per heavy atom. The van der Waals surface area contributed by atoms with Crippen molar-refractivity contribution in [3.63, 3.8) is 0 Å². The largest absolute Gasteiger partial charge is 0.503 e. The average molecular weight is 258 g/mol. The van der Waals surface area contributed by atoms with Gasteiger partial charge in [-0.2, -0.15) is 4.39 Å². The number of aromatic nitrogens is 1. The Morgan fingerprint density at radius 3 is 2.62 bits per heavy atom. The number of pyridine rings is 1. The van der Waals surface area contributed by atoms with Gasteiger partial charge in [-0.1, -0.05) is 35.3 Å². The van der Waals surface area contributed by atoms with E-state index in [1.165, 1.54) is 12.3 Å². The molecule has 1 N–H and O–H groups in total. The number of hydrogen-bond donors (Lipinski definition) is 1. The van der Waals surface area contributed by atoms with Crippen molar-refractivity contribution in [2.75, 3.05) is 0 Å². The summed E-state index contributed by atoms with van der Waals surface area (Å²) in [5.74, 6) is -1.47. The number of rotatable bonds is 1. The second-order valence-corrected chi connectivity index (χ2v) is 3.88. The molecular weight excluding hydrogens is 252 g/mol. The lowest BCUT2D eigenvalue weighted by atomic mass is 10.1. The van der Waals surface area contributed by atoms with Crippen LogP contribution in [-0.4, -0.2) is 10.1 Å². The third-order valence-corrected chi connectivity index (χ3v) is 2.94. The van der Waals surface area contributed by atoms with Crippen LogP contribution < -0.4 is 0 Å². The zero-order valence-corrected chi connectivity index (χ0v) is 9.43. The topological polar surface area (TPSA) is 33.1 Å². The first kappa shape index (κ1) is 11.2. The minimum atomic E-state index is -0.937. The molecule has 82 valence electrons. The van der Waals surface area contributed by atoms with Crippen molar-refractivity contribution in [1.29, 1.82) is 0 Å². The van der Waals surface area contributed by atoms with Crippen molar-refractivity contribution in [1.82, 2.24) is 4.98 Å². The van der Waals surface area contributed by atoms with Gasteiger partial charge in [-0.15, -0.1) is 0 Å². The molecule has 2 rings (SSSR count). The van der Waals surface area contributed by atoms with Crippen molar-refractivity contribution in [3.8, 4) is 16.9 Å². The summed E-state index contributed by atoms with van der Waals surface area (Å²) in [6.45, 7) is 0. The first-order valence-corrected chi connectivity index (χ1v) is 5.14. The zero-order valence-electron chi connectivity index (χ0n) is 7.92. The molecule has 2 nitrogen and oxygen atoms in total. The lowest BCUT2D eigenvalue weighted by Crippen LogP contribution is -1.87.